The van der Waals surface area contributed by atoms with Crippen molar-refractivity contribution in [3.63, 3.8) is 0 Å². The van der Waals surface area contributed by atoms with E-state index in [0.717, 1.165) is 12.1 Å². The molecule has 0 bridgehead atoms. The molecule has 1 saturated heterocycles. The minimum atomic E-state index is -4.51. The third-order valence-corrected chi connectivity index (χ3v) is 6.34. The Morgan fingerprint density at radius 1 is 1.00 bits per heavy atom. The molecule has 0 spiro atoms. The predicted molar refractivity (Wildman–Crippen MR) is 130 cm³/mol. The first-order valence-electron chi connectivity index (χ1n) is 11.2. The highest BCUT2D eigenvalue weighted by atomic mass is 35.5. The van der Waals surface area contributed by atoms with Gasteiger partial charge < -0.3 is 19.3 Å². The average molecular weight is 516 g/mol. The quantitative estimate of drug-likeness (QED) is 0.419. The van der Waals surface area contributed by atoms with E-state index in [1.807, 2.05) is 4.90 Å². The van der Waals surface area contributed by atoms with Gasteiger partial charge in [0.05, 0.1) is 18.2 Å². The van der Waals surface area contributed by atoms with Crippen molar-refractivity contribution in [2.24, 2.45) is 4.99 Å². The van der Waals surface area contributed by atoms with Crippen LogP contribution in [0.4, 0.5) is 18.9 Å². The average Bonchev–Trinajstić information content (AvgIpc) is 3.03. The molecule has 10 heteroatoms. The van der Waals surface area contributed by atoms with Crippen molar-refractivity contribution >= 4 is 29.0 Å². The Hall–Kier alpha value is -3.72. The summed E-state index contributed by atoms with van der Waals surface area (Å²) in [6.45, 7) is 1.69. The van der Waals surface area contributed by atoms with E-state index in [1.165, 1.54) is 13.2 Å². The molecular weight excluding hydrogens is 495 g/mol. The maximum atomic E-state index is 13.4. The van der Waals surface area contributed by atoms with Crippen molar-refractivity contribution in [3.8, 4) is 17.2 Å². The van der Waals surface area contributed by atoms with Crippen LogP contribution in [-0.2, 0) is 6.18 Å². The van der Waals surface area contributed by atoms with Gasteiger partial charge in [0.1, 0.15) is 23.0 Å². The molecule has 0 N–H and O–H groups in total. The molecule has 0 unspecified atom stereocenters. The summed E-state index contributed by atoms with van der Waals surface area (Å²) in [6, 6.07) is 15.2. The fraction of sp³-hybridized carbons (Fsp3) is 0.231. The minimum absolute atomic E-state index is 0.0763. The van der Waals surface area contributed by atoms with Crippen molar-refractivity contribution < 1.29 is 27.4 Å². The van der Waals surface area contributed by atoms with Crippen LogP contribution in [0.1, 0.15) is 21.5 Å². The number of hydrogen-bond donors (Lipinski definition) is 0. The van der Waals surface area contributed by atoms with Gasteiger partial charge in [-0.1, -0.05) is 17.7 Å². The van der Waals surface area contributed by atoms with Crippen LogP contribution in [0.5, 0.6) is 17.2 Å². The topological polar surface area (TPSA) is 54.4 Å². The van der Waals surface area contributed by atoms with Crippen LogP contribution in [0.3, 0.4) is 0 Å². The van der Waals surface area contributed by atoms with E-state index in [1.54, 1.807) is 47.4 Å². The van der Waals surface area contributed by atoms with E-state index in [-0.39, 0.29) is 17.3 Å². The smallest absolute Gasteiger partial charge is 0.416 e. The van der Waals surface area contributed by atoms with Gasteiger partial charge in [-0.3, -0.25) is 4.79 Å². The molecule has 0 aromatic heterocycles. The zero-order valence-corrected chi connectivity index (χ0v) is 19.9. The lowest BCUT2D eigenvalue weighted by molar-refractivity contribution is -0.137. The number of ether oxygens (including phenoxy) is 2. The number of aliphatic imine (C=N–C) groups is 1. The van der Waals surface area contributed by atoms with Crippen LogP contribution < -0.4 is 9.47 Å². The lowest BCUT2D eigenvalue weighted by Crippen LogP contribution is -2.50. The number of halogens is 4. The standard InChI is InChI=1S/C26H21ClF3N3O3/c1-35-19-6-7-20-23(15-19)36-22-8-5-17(26(28,29)30)14-21(22)31-24(20)32-9-11-33(12-10-32)25(34)16-3-2-4-18(27)13-16/h2-8,13-15H,9-12H2,1H3. The van der Waals surface area contributed by atoms with Crippen LogP contribution in [0, 0.1) is 0 Å². The number of benzene rings is 3. The predicted octanol–water partition coefficient (Wildman–Crippen LogP) is 6.01. The number of fused-ring (bicyclic) bond motifs is 2. The highest BCUT2D eigenvalue weighted by Crippen LogP contribution is 2.42. The largest absolute Gasteiger partial charge is 0.497 e. The molecule has 2 aliphatic heterocycles. The molecule has 0 aliphatic carbocycles. The first-order valence-corrected chi connectivity index (χ1v) is 11.6. The highest BCUT2D eigenvalue weighted by Gasteiger charge is 2.33. The maximum Gasteiger partial charge on any atom is 0.416 e. The van der Waals surface area contributed by atoms with Crippen molar-refractivity contribution in [1.82, 2.24) is 9.80 Å². The summed E-state index contributed by atoms with van der Waals surface area (Å²) in [7, 11) is 1.52. The Balaban J connectivity index is 1.47. The Morgan fingerprint density at radius 3 is 2.47 bits per heavy atom. The zero-order valence-electron chi connectivity index (χ0n) is 19.2. The molecule has 2 aliphatic rings. The van der Waals surface area contributed by atoms with Crippen molar-refractivity contribution in [2.75, 3.05) is 33.3 Å². The highest BCUT2D eigenvalue weighted by molar-refractivity contribution is 6.31. The Labute approximate surface area is 210 Å². The first-order chi connectivity index (χ1) is 17.2. The molecule has 186 valence electrons. The van der Waals surface area contributed by atoms with E-state index < -0.39 is 11.7 Å². The van der Waals surface area contributed by atoms with Gasteiger partial charge in [-0.2, -0.15) is 13.2 Å². The Bertz CT molecular complexity index is 1350. The Morgan fingerprint density at radius 2 is 1.78 bits per heavy atom. The summed E-state index contributed by atoms with van der Waals surface area (Å²) < 4.78 is 51.5. The molecule has 6 nitrogen and oxygen atoms in total. The van der Waals surface area contributed by atoms with Crippen LogP contribution in [-0.4, -0.2) is 54.8 Å². The van der Waals surface area contributed by atoms with Gasteiger partial charge in [0, 0.05) is 42.8 Å². The second-order valence-corrected chi connectivity index (χ2v) is 8.81. The molecular formula is C26H21ClF3N3O3. The number of rotatable bonds is 2. The summed E-state index contributed by atoms with van der Waals surface area (Å²) in [5.41, 5.74) is 0.387. The normalized spacial score (nSPS) is 15.3. The molecule has 0 atom stereocenters. The SMILES string of the molecule is COc1ccc2c(c1)Oc1ccc(C(F)(F)F)cc1N=C2N1CCN(C(=O)c2cccc(Cl)c2)CC1. The lowest BCUT2D eigenvalue weighted by atomic mass is 10.1. The van der Waals surface area contributed by atoms with E-state index in [9.17, 15) is 18.0 Å². The third kappa shape index (κ3) is 4.70. The van der Waals surface area contributed by atoms with Gasteiger partial charge >= 0.3 is 6.18 Å². The summed E-state index contributed by atoms with van der Waals surface area (Å²) in [6.07, 6.45) is -4.51. The molecule has 0 saturated carbocycles. The molecule has 3 aromatic carbocycles. The molecule has 1 fully saturated rings. The molecule has 3 aromatic rings. The summed E-state index contributed by atoms with van der Waals surface area (Å²) in [4.78, 5) is 21.2. The van der Waals surface area contributed by atoms with Crippen LogP contribution >= 0.6 is 11.6 Å². The monoisotopic (exact) mass is 515 g/mol. The number of methoxy groups -OCH3 is 1. The molecule has 2 heterocycles. The molecule has 36 heavy (non-hydrogen) atoms. The number of alkyl halides is 3. The van der Waals surface area contributed by atoms with Gasteiger partial charge in [0.2, 0.25) is 0 Å². The van der Waals surface area contributed by atoms with Crippen LogP contribution in [0.2, 0.25) is 5.02 Å². The van der Waals surface area contributed by atoms with E-state index >= 15 is 0 Å². The van der Waals surface area contributed by atoms with Crippen molar-refractivity contribution in [2.45, 2.75) is 6.18 Å². The second kappa shape index (κ2) is 9.39. The summed E-state index contributed by atoms with van der Waals surface area (Å²) in [5, 5.41) is 0.483. The number of hydrogen-bond acceptors (Lipinski definition) is 5. The number of carbonyl (C=O) groups excluding carboxylic acids is 1. The summed E-state index contributed by atoms with van der Waals surface area (Å²) in [5.74, 6) is 1.51. The van der Waals surface area contributed by atoms with Crippen molar-refractivity contribution in [3.05, 3.63) is 82.4 Å². The summed E-state index contributed by atoms with van der Waals surface area (Å²) >= 11 is 6.03. The number of nitrogens with zero attached hydrogens (tertiary/aromatic N) is 3. The number of carbonyl (C=O) groups is 1. The lowest BCUT2D eigenvalue weighted by Gasteiger charge is -2.36. The zero-order chi connectivity index (χ0) is 25.4. The third-order valence-electron chi connectivity index (χ3n) is 6.10. The fourth-order valence-corrected chi connectivity index (χ4v) is 4.42. The first kappa shape index (κ1) is 24.0. The fourth-order valence-electron chi connectivity index (χ4n) is 4.23. The Kier molecular flexibility index (Phi) is 6.26. The van der Waals surface area contributed by atoms with Gasteiger partial charge in [-0.15, -0.1) is 0 Å². The number of amidine groups is 1. The van der Waals surface area contributed by atoms with Gasteiger partial charge in [-0.25, -0.2) is 4.99 Å². The minimum Gasteiger partial charge on any atom is -0.497 e. The molecule has 5 rings (SSSR count). The van der Waals surface area contributed by atoms with Crippen molar-refractivity contribution in [1.29, 1.82) is 0 Å². The van der Waals surface area contributed by atoms with E-state index in [4.69, 9.17) is 21.1 Å². The molecule has 0 radical (unpaired) electrons. The van der Waals surface area contributed by atoms with E-state index in [0.29, 0.717) is 59.7 Å². The van der Waals surface area contributed by atoms with Gasteiger partial charge in [0.25, 0.3) is 5.91 Å². The maximum absolute atomic E-state index is 13.4. The number of amides is 1. The van der Waals surface area contributed by atoms with Crippen LogP contribution in [0.25, 0.3) is 0 Å². The second-order valence-electron chi connectivity index (χ2n) is 8.37. The van der Waals surface area contributed by atoms with E-state index in [2.05, 4.69) is 4.99 Å². The van der Waals surface area contributed by atoms with Crippen LogP contribution in [0.15, 0.2) is 65.7 Å². The number of piperazine rings is 1. The van der Waals surface area contributed by atoms with Gasteiger partial charge in [-0.05, 0) is 48.5 Å². The van der Waals surface area contributed by atoms with Gasteiger partial charge in [0.15, 0.2) is 5.75 Å². The molecule has 1 amide bonds.